The first-order chi connectivity index (χ1) is 15.9. The lowest BCUT2D eigenvalue weighted by Crippen LogP contribution is -2.39. The second-order valence-electron chi connectivity index (χ2n) is 8.56. The normalized spacial score (nSPS) is 15.6. The van der Waals surface area contributed by atoms with E-state index < -0.39 is 11.8 Å². The van der Waals surface area contributed by atoms with Crippen molar-refractivity contribution in [2.75, 3.05) is 0 Å². The van der Waals surface area contributed by atoms with Crippen LogP contribution in [-0.2, 0) is 35.4 Å². The number of hydrogen-bond donors (Lipinski definition) is 3. The van der Waals surface area contributed by atoms with Crippen LogP contribution in [0, 0.1) is 5.82 Å². The van der Waals surface area contributed by atoms with Gasteiger partial charge in [0.15, 0.2) is 0 Å². The minimum absolute atomic E-state index is 0.0350. The smallest absolute Gasteiger partial charge is 0.323 e. The summed E-state index contributed by atoms with van der Waals surface area (Å²) in [6, 6.07) is 10.5. The van der Waals surface area contributed by atoms with Crippen molar-refractivity contribution in [2.24, 2.45) is 0 Å². The summed E-state index contributed by atoms with van der Waals surface area (Å²) in [6.45, 7) is -0.237. The highest BCUT2D eigenvalue weighted by molar-refractivity contribution is 6.35. The number of carbonyl (C=O) groups excluding carboxylic acids is 1. The van der Waals surface area contributed by atoms with E-state index in [1.807, 2.05) is 30.5 Å². The fourth-order valence-electron chi connectivity index (χ4n) is 5.02. The average Bonchev–Trinajstić information content (AvgIpc) is 3.31. The molecular weight excluding hydrogens is 445 g/mol. The van der Waals surface area contributed by atoms with E-state index in [2.05, 4.69) is 10.3 Å². The quantitative estimate of drug-likeness (QED) is 0.387. The Bertz CT molecular complexity index is 1390. The van der Waals surface area contributed by atoms with Crippen LogP contribution in [0.2, 0.25) is 5.02 Å². The number of nitrogens with zero attached hydrogens (tertiary/aromatic N) is 1. The Morgan fingerprint density at radius 3 is 2.88 bits per heavy atom. The predicted octanol–water partition coefficient (Wildman–Crippen LogP) is 4.61. The van der Waals surface area contributed by atoms with Crippen molar-refractivity contribution in [1.29, 1.82) is 0 Å². The Morgan fingerprint density at radius 1 is 1.24 bits per heavy atom. The fraction of sp³-hybridized carbons (Fsp3) is 0.280. The summed E-state index contributed by atoms with van der Waals surface area (Å²) in [4.78, 5) is 27.4. The van der Waals surface area contributed by atoms with Gasteiger partial charge in [0.25, 0.3) is 0 Å². The topological polar surface area (TPSA) is 87.1 Å². The Morgan fingerprint density at radius 2 is 2.06 bits per heavy atom. The maximum absolute atomic E-state index is 14.1. The van der Waals surface area contributed by atoms with Gasteiger partial charge in [-0.3, -0.25) is 9.59 Å². The third kappa shape index (κ3) is 4.09. The van der Waals surface area contributed by atoms with Gasteiger partial charge in [-0.15, -0.1) is 0 Å². The van der Waals surface area contributed by atoms with Gasteiger partial charge in [0.1, 0.15) is 12.4 Å². The molecule has 4 aromatic rings. The van der Waals surface area contributed by atoms with Crippen molar-refractivity contribution in [3.63, 3.8) is 0 Å². The molecule has 0 radical (unpaired) electrons. The van der Waals surface area contributed by atoms with Crippen molar-refractivity contribution >= 4 is 45.3 Å². The number of fused-ring (bicyclic) bond motifs is 4. The van der Waals surface area contributed by atoms with E-state index in [0.717, 1.165) is 27.7 Å². The molecule has 1 atom stereocenters. The zero-order valence-electron chi connectivity index (χ0n) is 17.8. The van der Waals surface area contributed by atoms with E-state index >= 15 is 0 Å². The highest BCUT2D eigenvalue weighted by Crippen LogP contribution is 2.36. The molecule has 2 aromatic carbocycles. The molecule has 0 bridgehead atoms. The van der Waals surface area contributed by atoms with Crippen LogP contribution < -0.4 is 5.32 Å². The molecule has 0 saturated carbocycles. The summed E-state index contributed by atoms with van der Waals surface area (Å²) < 4.78 is 15.8. The second kappa shape index (κ2) is 8.56. The Balaban J connectivity index is 1.33. The number of benzene rings is 2. The van der Waals surface area contributed by atoms with Gasteiger partial charge in [0.05, 0.1) is 10.5 Å². The van der Waals surface area contributed by atoms with Crippen molar-refractivity contribution in [1.82, 2.24) is 14.9 Å². The maximum Gasteiger partial charge on any atom is 0.323 e. The summed E-state index contributed by atoms with van der Waals surface area (Å²) in [5.41, 5.74) is 4.41. The number of H-pyrrole nitrogens is 1. The number of carboxylic acids is 1. The third-order valence-electron chi connectivity index (χ3n) is 6.43. The van der Waals surface area contributed by atoms with Gasteiger partial charge >= 0.3 is 5.97 Å². The van der Waals surface area contributed by atoms with Crippen LogP contribution in [0.1, 0.15) is 29.7 Å². The van der Waals surface area contributed by atoms with Crippen LogP contribution in [0.4, 0.5) is 4.39 Å². The van der Waals surface area contributed by atoms with Gasteiger partial charge in [-0.2, -0.15) is 0 Å². The molecule has 170 valence electrons. The van der Waals surface area contributed by atoms with Crippen molar-refractivity contribution in [3.05, 3.63) is 70.3 Å². The number of halogens is 2. The van der Waals surface area contributed by atoms with Crippen LogP contribution >= 0.6 is 11.6 Å². The first-order valence-corrected chi connectivity index (χ1v) is 11.3. The fourth-order valence-corrected chi connectivity index (χ4v) is 5.32. The molecule has 1 aliphatic carbocycles. The number of nitrogens with one attached hydrogen (secondary N) is 2. The molecule has 0 aliphatic heterocycles. The number of carboxylic acid groups (broad SMARTS) is 1. The monoisotopic (exact) mass is 467 g/mol. The van der Waals surface area contributed by atoms with Gasteiger partial charge in [0.2, 0.25) is 5.91 Å². The lowest BCUT2D eigenvalue weighted by atomic mass is 9.91. The number of aromatic amines is 1. The van der Waals surface area contributed by atoms with Crippen LogP contribution in [0.3, 0.4) is 0 Å². The molecule has 2 heterocycles. The summed E-state index contributed by atoms with van der Waals surface area (Å²) in [7, 11) is 0. The number of aryl methyl sites for hydroxylation is 1. The molecule has 1 amide bonds. The zero-order chi connectivity index (χ0) is 23.1. The van der Waals surface area contributed by atoms with Crippen LogP contribution in [0.15, 0.2) is 42.6 Å². The molecule has 33 heavy (non-hydrogen) atoms. The van der Waals surface area contributed by atoms with Gasteiger partial charge in [0, 0.05) is 40.6 Å². The predicted molar refractivity (Wildman–Crippen MR) is 125 cm³/mol. The SMILES string of the molecule is O=C(O)Cn1c2c(c3cc(F)cc(Cl)c31)C[C@@H](NC(=O)CCc1c[nH]c3ccccc13)CC2. The van der Waals surface area contributed by atoms with Crippen LogP contribution in [-0.4, -0.2) is 32.6 Å². The molecule has 0 saturated heterocycles. The highest BCUT2D eigenvalue weighted by atomic mass is 35.5. The van der Waals surface area contributed by atoms with Crippen LogP contribution in [0.5, 0.6) is 0 Å². The van der Waals surface area contributed by atoms with Gasteiger partial charge in [-0.25, -0.2) is 4.39 Å². The van der Waals surface area contributed by atoms with Crippen molar-refractivity contribution < 1.29 is 19.1 Å². The molecule has 0 fully saturated rings. The molecule has 2 aromatic heterocycles. The molecule has 3 N–H and O–H groups in total. The van der Waals surface area contributed by atoms with Crippen molar-refractivity contribution in [2.45, 2.75) is 44.7 Å². The second-order valence-corrected chi connectivity index (χ2v) is 8.96. The number of para-hydroxylation sites is 1. The van der Waals surface area contributed by atoms with Gasteiger partial charge in [-0.05, 0) is 55.0 Å². The standard InChI is InChI=1S/C25H23ClFN3O3/c26-20-10-15(27)9-19-18-11-16(6-7-22(18)30(25(19)20)13-24(32)33)29-23(31)8-5-14-12-28-21-4-2-1-3-17(14)21/h1-4,9-10,12,16,28H,5-8,11,13H2,(H,29,31)(H,32,33)/t16-/m0/s1. The molecule has 1 aliphatic rings. The van der Waals surface area contributed by atoms with E-state index in [9.17, 15) is 19.1 Å². The highest BCUT2D eigenvalue weighted by Gasteiger charge is 2.28. The Kier molecular flexibility index (Phi) is 5.58. The summed E-state index contributed by atoms with van der Waals surface area (Å²) in [6.07, 6.45) is 4.72. The molecule has 8 heteroatoms. The third-order valence-corrected chi connectivity index (χ3v) is 6.72. The molecule has 6 nitrogen and oxygen atoms in total. The minimum atomic E-state index is -0.984. The van der Waals surface area contributed by atoms with Crippen molar-refractivity contribution in [3.8, 4) is 0 Å². The molecule has 0 spiro atoms. The largest absolute Gasteiger partial charge is 0.480 e. The number of aromatic nitrogens is 2. The van der Waals surface area contributed by atoms with E-state index in [1.54, 1.807) is 4.57 Å². The lowest BCUT2D eigenvalue weighted by molar-refractivity contribution is -0.137. The Labute approximate surface area is 194 Å². The molecular formula is C25H23ClFN3O3. The van der Waals surface area contributed by atoms with Gasteiger partial charge < -0.3 is 20.0 Å². The van der Waals surface area contributed by atoms with E-state index in [4.69, 9.17) is 11.6 Å². The average molecular weight is 468 g/mol. The number of amides is 1. The lowest BCUT2D eigenvalue weighted by Gasteiger charge is -2.25. The molecule has 5 rings (SSSR count). The summed E-state index contributed by atoms with van der Waals surface area (Å²) >= 11 is 6.30. The zero-order valence-corrected chi connectivity index (χ0v) is 18.6. The Hall–Kier alpha value is -3.32. The number of aliphatic carboxylic acids is 1. The van der Waals surface area contributed by atoms with E-state index in [0.29, 0.717) is 43.0 Å². The minimum Gasteiger partial charge on any atom is -0.480 e. The first kappa shape index (κ1) is 21.5. The number of rotatable bonds is 6. The summed E-state index contributed by atoms with van der Waals surface area (Å²) in [5, 5.41) is 14.4. The van der Waals surface area contributed by atoms with Crippen LogP contribution in [0.25, 0.3) is 21.8 Å². The van der Waals surface area contributed by atoms with Gasteiger partial charge in [-0.1, -0.05) is 29.8 Å². The first-order valence-electron chi connectivity index (χ1n) is 11.0. The number of hydrogen-bond acceptors (Lipinski definition) is 2. The molecule has 0 unspecified atom stereocenters. The summed E-state index contributed by atoms with van der Waals surface area (Å²) in [5.74, 6) is -1.48. The maximum atomic E-state index is 14.1. The number of carbonyl (C=O) groups is 2. The van der Waals surface area contributed by atoms with E-state index in [1.165, 1.54) is 12.1 Å². The van der Waals surface area contributed by atoms with E-state index in [-0.39, 0.29) is 23.5 Å².